The third kappa shape index (κ3) is 2.15. The second-order valence-corrected chi connectivity index (χ2v) is 5.66. The molecule has 0 aliphatic carbocycles. The molecule has 2 rings (SSSR count). The van der Waals surface area contributed by atoms with Crippen LogP contribution in [0.4, 0.5) is 3.89 Å². The zero-order valence-corrected chi connectivity index (χ0v) is 10.1. The molecule has 0 fully saturated rings. The van der Waals surface area contributed by atoms with Crippen LogP contribution >= 0.6 is 11.3 Å². The van der Waals surface area contributed by atoms with Crippen molar-refractivity contribution in [2.45, 2.75) is 11.8 Å². The number of benzene rings is 1. The predicted molar refractivity (Wildman–Crippen MR) is 62.8 cm³/mol. The molecule has 0 saturated heterocycles. The van der Waals surface area contributed by atoms with Crippen LogP contribution in [-0.2, 0) is 10.2 Å². The summed E-state index contributed by atoms with van der Waals surface area (Å²) in [5, 5.41) is 1.92. The van der Waals surface area contributed by atoms with Gasteiger partial charge in [-0.05, 0) is 41.6 Å². The monoisotopic (exact) mass is 256 g/mol. The van der Waals surface area contributed by atoms with Crippen molar-refractivity contribution in [3.8, 4) is 10.4 Å². The summed E-state index contributed by atoms with van der Waals surface area (Å²) < 4.78 is 34.4. The summed E-state index contributed by atoms with van der Waals surface area (Å²) in [6, 6.07) is 7.86. The van der Waals surface area contributed by atoms with Gasteiger partial charge in [-0.1, -0.05) is 12.1 Å². The molecule has 16 heavy (non-hydrogen) atoms. The van der Waals surface area contributed by atoms with E-state index in [9.17, 15) is 12.3 Å². The Kier molecular flexibility index (Phi) is 2.82. The number of halogens is 1. The molecule has 2 nitrogen and oxygen atoms in total. The maximum atomic E-state index is 12.8. The lowest BCUT2D eigenvalue weighted by atomic mass is 10.1. The number of hydrogen-bond donors (Lipinski definition) is 0. The quantitative estimate of drug-likeness (QED) is 0.772. The van der Waals surface area contributed by atoms with Gasteiger partial charge in [-0.2, -0.15) is 8.42 Å². The highest BCUT2D eigenvalue weighted by Crippen LogP contribution is 2.30. The Morgan fingerprint density at radius 3 is 2.56 bits per heavy atom. The molecule has 5 heteroatoms. The number of thiophene rings is 1. The lowest BCUT2D eigenvalue weighted by Crippen LogP contribution is -1.91. The van der Waals surface area contributed by atoms with Crippen LogP contribution in [0.2, 0.25) is 0 Å². The van der Waals surface area contributed by atoms with E-state index in [0.717, 1.165) is 16.0 Å². The predicted octanol–water partition coefficient (Wildman–Crippen LogP) is 3.38. The Morgan fingerprint density at radius 1 is 1.25 bits per heavy atom. The molecule has 0 spiro atoms. The zero-order valence-electron chi connectivity index (χ0n) is 8.48. The molecule has 0 N–H and O–H groups in total. The van der Waals surface area contributed by atoms with Crippen LogP contribution < -0.4 is 0 Å². The summed E-state index contributed by atoms with van der Waals surface area (Å²) in [5.74, 6) is 0. The lowest BCUT2D eigenvalue weighted by Gasteiger charge is -2.01. The maximum Gasteiger partial charge on any atom is 0.332 e. The van der Waals surface area contributed by atoms with Crippen LogP contribution in [0, 0.1) is 6.92 Å². The van der Waals surface area contributed by atoms with E-state index < -0.39 is 10.2 Å². The van der Waals surface area contributed by atoms with E-state index in [1.165, 1.54) is 23.5 Å². The van der Waals surface area contributed by atoms with Gasteiger partial charge in [0.05, 0.1) is 4.90 Å². The van der Waals surface area contributed by atoms with Crippen LogP contribution in [-0.4, -0.2) is 8.42 Å². The fourth-order valence-electron chi connectivity index (χ4n) is 1.46. The molecule has 0 radical (unpaired) electrons. The van der Waals surface area contributed by atoms with Gasteiger partial charge >= 0.3 is 10.2 Å². The first kappa shape index (κ1) is 11.3. The molecule has 1 aromatic carbocycles. The van der Waals surface area contributed by atoms with Gasteiger partial charge in [0.15, 0.2) is 0 Å². The van der Waals surface area contributed by atoms with Gasteiger partial charge in [0.1, 0.15) is 0 Å². The standard InChI is InChI=1S/C11H9FO2S2/c1-8-5-6-15-11(8)9-3-2-4-10(7-9)16(12,13)14/h2-7H,1H3. The summed E-state index contributed by atoms with van der Waals surface area (Å²) >= 11 is 1.50. The van der Waals surface area contributed by atoms with Gasteiger partial charge in [0.25, 0.3) is 0 Å². The minimum Gasteiger partial charge on any atom is -0.189 e. The van der Waals surface area contributed by atoms with Crippen LogP contribution in [0.25, 0.3) is 10.4 Å². The Balaban J connectivity index is 2.57. The van der Waals surface area contributed by atoms with Crippen molar-refractivity contribution in [1.29, 1.82) is 0 Å². The average molecular weight is 256 g/mol. The van der Waals surface area contributed by atoms with E-state index in [0.29, 0.717) is 0 Å². The highest BCUT2D eigenvalue weighted by Gasteiger charge is 2.13. The molecule has 0 amide bonds. The molecular weight excluding hydrogens is 247 g/mol. The topological polar surface area (TPSA) is 34.1 Å². The van der Waals surface area contributed by atoms with E-state index in [1.807, 2.05) is 18.4 Å². The minimum absolute atomic E-state index is 0.294. The van der Waals surface area contributed by atoms with E-state index in [1.54, 1.807) is 12.1 Å². The molecule has 0 atom stereocenters. The van der Waals surface area contributed by atoms with Crippen molar-refractivity contribution >= 4 is 21.6 Å². The van der Waals surface area contributed by atoms with Gasteiger partial charge in [-0.3, -0.25) is 0 Å². The fraction of sp³-hybridized carbons (Fsp3) is 0.0909. The normalized spacial score (nSPS) is 11.6. The van der Waals surface area contributed by atoms with Crippen molar-refractivity contribution in [3.05, 3.63) is 41.3 Å². The summed E-state index contributed by atoms with van der Waals surface area (Å²) in [6.07, 6.45) is 0. The molecule has 0 unspecified atom stereocenters. The molecule has 1 heterocycles. The fourth-order valence-corrected chi connectivity index (χ4v) is 2.89. The van der Waals surface area contributed by atoms with E-state index >= 15 is 0 Å². The first-order chi connectivity index (χ1) is 7.48. The van der Waals surface area contributed by atoms with Crippen molar-refractivity contribution in [3.63, 3.8) is 0 Å². The van der Waals surface area contributed by atoms with Crippen LogP contribution in [0.3, 0.4) is 0 Å². The second kappa shape index (κ2) is 3.99. The van der Waals surface area contributed by atoms with Crippen molar-refractivity contribution < 1.29 is 12.3 Å². The van der Waals surface area contributed by atoms with Gasteiger partial charge < -0.3 is 0 Å². The maximum absolute atomic E-state index is 12.8. The van der Waals surface area contributed by atoms with Crippen molar-refractivity contribution in [1.82, 2.24) is 0 Å². The lowest BCUT2D eigenvalue weighted by molar-refractivity contribution is 0.552. The third-order valence-electron chi connectivity index (χ3n) is 2.24. The Bertz CT molecular complexity index is 614. The minimum atomic E-state index is -4.62. The van der Waals surface area contributed by atoms with Crippen LogP contribution in [0.1, 0.15) is 5.56 Å². The largest absolute Gasteiger partial charge is 0.332 e. The average Bonchev–Trinajstić information content (AvgIpc) is 2.63. The number of aryl methyl sites for hydroxylation is 1. The van der Waals surface area contributed by atoms with Crippen molar-refractivity contribution in [2.75, 3.05) is 0 Å². The highest BCUT2D eigenvalue weighted by molar-refractivity contribution is 7.86. The SMILES string of the molecule is Cc1ccsc1-c1cccc(S(=O)(=O)F)c1. The molecule has 0 bridgehead atoms. The van der Waals surface area contributed by atoms with Crippen LogP contribution in [0.5, 0.6) is 0 Å². The van der Waals surface area contributed by atoms with Gasteiger partial charge in [0.2, 0.25) is 0 Å². The molecule has 2 aromatic rings. The Morgan fingerprint density at radius 2 is 2.00 bits per heavy atom. The molecule has 1 aromatic heterocycles. The Hall–Kier alpha value is -1.20. The molecule has 0 saturated carbocycles. The molecule has 84 valence electrons. The van der Waals surface area contributed by atoms with Gasteiger partial charge in [-0.15, -0.1) is 15.2 Å². The Labute approximate surface area is 97.6 Å². The first-order valence-corrected chi connectivity index (χ1v) is 6.84. The zero-order chi connectivity index (χ0) is 11.8. The third-order valence-corrected chi connectivity index (χ3v) is 4.12. The van der Waals surface area contributed by atoms with Gasteiger partial charge in [-0.25, -0.2) is 0 Å². The van der Waals surface area contributed by atoms with E-state index in [4.69, 9.17) is 0 Å². The van der Waals surface area contributed by atoms with Crippen molar-refractivity contribution in [2.24, 2.45) is 0 Å². The summed E-state index contributed by atoms with van der Waals surface area (Å²) in [6.45, 7) is 1.93. The second-order valence-electron chi connectivity index (χ2n) is 3.40. The molecule has 0 aliphatic heterocycles. The van der Waals surface area contributed by atoms with Gasteiger partial charge in [0, 0.05) is 4.88 Å². The van der Waals surface area contributed by atoms with E-state index in [-0.39, 0.29) is 4.90 Å². The number of rotatable bonds is 2. The molecular formula is C11H9FO2S2. The summed E-state index contributed by atoms with van der Waals surface area (Å²) in [5.41, 5.74) is 1.78. The number of hydrogen-bond acceptors (Lipinski definition) is 3. The summed E-state index contributed by atoms with van der Waals surface area (Å²) in [4.78, 5) is 0.670. The summed E-state index contributed by atoms with van der Waals surface area (Å²) in [7, 11) is -4.62. The van der Waals surface area contributed by atoms with E-state index in [2.05, 4.69) is 0 Å². The highest BCUT2D eigenvalue weighted by atomic mass is 32.3. The first-order valence-electron chi connectivity index (χ1n) is 4.57. The smallest absolute Gasteiger partial charge is 0.189 e. The molecule has 0 aliphatic rings. The van der Waals surface area contributed by atoms with Crippen LogP contribution in [0.15, 0.2) is 40.6 Å².